The second-order valence-electron chi connectivity index (χ2n) is 8.24. The molecule has 0 N–H and O–H groups in total. The molecule has 2 aromatic carbocycles. The Labute approximate surface area is 144 Å². The predicted molar refractivity (Wildman–Crippen MR) is 101 cm³/mol. The number of rotatable bonds is 3. The number of fused-ring (bicyclic) bond motifs is 1. The van der Waals surface area contributed by atoms with E-state index in [0.717, 1.165) is 23.1 Å². The monoisotopic (exact) mass is 322 g/mol. The summed E-state index contributed by atoms with van der Waals surface area (Å²) < 4.78 is 6.23. The molecule has 3 aromatic rings. The Bertz CT molecular complexity index is 851. The number of hydrogen-bond acceptors (Lipinski definition) is 2. The first-order valence-corrected chi connectivity index (χ1v) is 8.73. The van der Waals surface area contributed by atoms with Crippen LogP contribution >= 0.6 is 0 Å². The van der Waals surface area contributed by atoms with Gasteiger partial charge in [0.25, 0.3) is 0 Å². The van der Waals surface area contributed by atoms with Crippen LogP contribution in [0, 0.1) is 0 Å². The molecule has 1 heterocycles. The largest absolute Gasteiger partial charge is 0.436 e. The van der Waals surface area contributed by atoms with Gasteiger partial charge in [-0.15, -0.1) is 0 Å². The van der Waals surface area contributed by atoms with Crippen molar-refractivity contribution >= 4 is 11.1 Å². The molecule has 0 aliphatic rings. The Morgan fingerprint density at radius 1 is 0.958 bits per heavy atom. The lowest BCUT2D eigenvalue weighted by Gasteiger charge is -2.27. The fraction of sp³-hybridized carbons (Fsp3) is 0.409. The summed E-state index contributed by atoms with van der Waals surface area (Å²) >= 11 is 0. The van der Waals surface area contributed by atoms with Gasteiger partial charge in [-0.05, 0) is 41.0 Å². The van der Waals surface area contributed by atoms with Crippen molar-refractivity contribution in [2.45, 2.75) is 58.8 Å². The molecule has 0 saturated carbocycles. The quantitative estimate of drug-likeness (QED) is 0.551. The van der Waals surface area contributed by atoms with Crippen LogP contribution < -0.4 is 0 Å². The molecule has 0 radical (unpaired) electrons. The summed E-state index contributed by atoms with van der Waals surface area (Å²) in [6.07, 6.45) is 1.05. The van der Waals surface area contributed by atoms with E-state index in [1.807, 2.05) is 30.3 Å². The third-order valence-electron chi connectivity index (χ3n) is 4.99. The normalized spacial score (nSPS) is 12.8. The summed E-state index contributed by atoms with van der Waals surface area (Å²) in [4.78, 5) is 4.80. The Morgan fingerprint density at radius 3 is 2.21 bits per heavy atom. The molecular weight excluding hydrogens is 295 g/mol. The van der Waals surface area contributed by atoms with Crippen LogP contribution in [-0.2, 0) is 10.8 Å². The van der Waals surface area contributed by atoms with Crippen molar-refractivity contribution in [2.24, 2.45) is 0 Å². The van der Waals surface area contributed by atoms with Crippen LogP contribution in [0.5, 0.6) is 0 Å². The van der Waals surface area contributed by atoms with E-state index in [1.165, 1.54) is 11.1 Å². The van der Waals surface area contributed by atoms with Gasteiger partial charge in [-0.25, -0.2) is 4.98 Å². The van der Waals surface area contributed by atoms with Crippen LogP contribution in [0.4, 0.5) is 0 Å². The van der Waals surface area contributed by atoms with Gasteiger partial charge in [-0.1, -0.05) is 65.8 Å². The maximum absolute atomic E-state index is 6.23. The average molecular weight is 322 g/mol. The first kappa shape index (κ1) is 16.8. The first-order chi connectivity index (χ1) is 11.2. The van der Waals surface area contributed by atoms with Crippen LogP contribution in [0.25, 0.3) is 22.6 Å². The molecule has 0 fully saturated rings. The summed E-state index contributed by atoms with van der Waals surface area (Å²) in [5, 5.41) is 0. The highest BCUT2D eigenvalue weighted by Gasteiger charge is 2.27. The van der Waals surface area contributed by atoms with Crippen LogP contribution in [-0.4, -0.2) is 4.98 Å². The first-order valence-electron chi connectivity index (χ1n) is 8.73. The Kier molecular flexibility index (Phi) is 4.03. The third kappa shape index (κ3) is 2.98. The molecule has 0 unspecified atom stereocenters. The molecule has 24 heavy (non-hydrogen) atoms. The van der Waals surface area contributed by atoms with Crippen molar-refractivity contribution in [2.75, 3.05) is 0 Å². The summed E-state index contributed by atoms with van der Waals surface area (Å²) in [5.74, 6) is 0.699. The molecule has 0 saturated heterocycles. The number of oxazole rings is 1. The van der Waals surface area contributed by atoms with Crippen molar-refractivity contribution in [3.05, 3.63) is 53.6 Å². The van der Waals surface area contributed by atoms with E-state index < -0.39 is 0 Å². The molecule has 3 rings (SSSR count). The maximum atomic E-state index is 6.23. The highest BCUT2D eigenvalue weighted by Crippen LogP contribution is 2.38. The highest BCUT2D eigenvalue weighted by molar-refractivity contribution is 5.81. The van der Waals surface area contributed by atoms with E-state index in [9.17, 15) is 0 Å². The van der Waals surface area contributed by atoms with Gasteiger partial charge < -0.3 is 4.42 Å². The van der Waals surface area contributed by atoms with E-state index in [-0.39, 0.29) is 10.8 Å². The number of hydrogen-bond donors (Lipinski definition) is 0. The fourth-order valence-electron chi connectivity index (χ4n) is 2.86. The molecule has 0 aliphatic heterocycles. The minimum Gasteiger partial charge on any atom is -0.436 e. The summed E-state index contributed by atoms with van der Waals surface area (Å²) in [6.45, 7) is 13.5. The zero-order valence-corrected chi connectivity index (χ0v) is 15.6. The van der Waals surface area contributed by atoms with Crippen LogP contribution in [0.2, 0.25) is 0 Å². The zero-order valence-electron chi connectivity index (χ0n) is 15.6. The minimum atomic E-state index is 0.0486. The Balaban J connectivity index is 2.29. The molecule has 126 valence electrons. The van der Waals surface area contributed by atoms with Crippen molar-refractivity contribution in [1.82, 2.24) is 4.98 Å². The van der Waals surface area contributed by atoms with Gasteiger partial charge in [0.05, 0.1) is 0 Å². The fourth-order valence-corrected chi connectivity index (χ4v) is 2.86. The molecule has 2 nitrogen and oxygen atoms in total. The average Bonchev–Trinajstić information content (AvgIpc) is 2.97. The SMILES string of the molecule is CCC(C)(C)c1cc(C(C)(C)C)cc2n[13c](-c3ccccc3)oc12. The lowest BCUT2D eigenvalue weighted by Crippen LogP contribution is -2.18. The zero-order chi connectivity index (χ0) is 17.5. The van der Waals surface area contributed by atoms with Crippen LogP contribution in [0.15, 0.2) is 46.9 Å². The van der Waals surface area contributed by atoms with E-state index in [0.29, 0.717) is 5.89 Å². The smallest absolute Gasteiger partial charge is 0.227 e. The van der Waals surface area contributed by atoms with Gasteiger partial charge in [0.1, 0.15) is 5.52 Å². The van der Waals surface area contributed by atoms with E-state index in [1.54, 1.807) is 0 Å². The van der Waals surface area contributed by atoms with Gasteiger partial charge in [0.2, 0.25) is 5.89 Å². The molecule has 2 heteroatoms. The van der Waals surface area contributed by atoms with Crippen molar-refractivity contribution in [3.63, 3.8) is 0 Å². The maximum Gasteiger partial charge on any atom is 0.227 e. The standard InChI is InChI=1S/C22H27NO/c1-7-22(5,6)17-13-16(21(2,3)4)14-18-19(17)24-20(23-18)15-11-9-8-10-12-15/h8-14H,7H2,1-6H3/i20+1. The summed E-state index contributed by atoms with van der Waals surface area (Å²) in [7, 11) is 0. The number of aromatic nitrogens is 1. The van der Waals surface area contributed by atoms with Gasteiger partial charge in [0.15, 0.2) is 5.58 Å². The van der Waals surface area contributed by atoms with Crippen molar-refractivity contribution < 1.29 is 4.42 Å². The molecule has 0 spiro atoms. The molecule has 1 aromatic heterocycles. The Hall–Kier alpha value is -2.09. The minimum absolute atomic E-state index is 0.0486. The molecule has 0 aliphatic carbocycles. The second-order valence-corrected chi connectivity index (χ2v) is 8.24. The summed E-state index contributed by atoms with van der Waals surface area (Å²) in [6, 6.07) is 14.6. The third-order valence-corrected chi connectivity index (χ3v) is 4.99. The lowest BCUT2D eigenvalue weighted by atomic mass is 9.78. The Morgan fingerprint density at radius 2 is 1.62 bits per heavy atom. The van der Waals surface area contributed by atoms with Crippen molar-refractivity contribution in [1.29, 1.82) is 0 Å². The lowest BCUT2D eigenvalue weighted by molar-refractivity contribution is 0.494. The van der Waals surface area contributed by atoms with Crippen molar-refractivity contribution in [3.8, 4) is 11.5 Å². The molecule has 0 amide bonds. The van der Waals surface area contributed by atoms with Gasteiger partial charge in [-0.2, -0.15) is 0 Å². The van der Waals surface area contributed by atoms with E-state index >= 15 is 0 Å². The van der Waals surface area contributed by atoms with Crippen LogP contribution in [0.3, 0.4) is 0 Å². The second kappa shape index (κ2) is 5.77. The highest BCUT2D eigenvalue weighted by atomic mass is 16.4. The van der Waals surface area contributed by atoms with E-state index in [4.69, 9.17) is 9.40 Å². The number of nitrogens with zero attached hydrogens (tertiary/aromatic N) is 1. The van der Waals surface area contributed by atoms with E-state index in [2.05, 4.69) is 53.7 Å². The molecule has 0 bridgehead atoms. The van der Waals surface area contributed by atoms with Crippen LogP contribution in [0.1, 0.15) is 59.1 Å². The predicted octanol–water partition coefficient (Wildman–Crippen LogP) is 6.48. The summed E-state index contributed by atoms with van der Waals surface area (Å²) in [5.41, 5.74) is 5.59. The van der Waals surface area contributed by atoms with Gasteiger partial charge in [0, 0.05) is 11.1 Å². The number of benzene rings is 2. The van der Waals surface area contributed by atoms with Gasteiger partial charge >= 0.3 is 0 Å². The molecule has 0 atom stereocenters. The molecular formula is C22H27NO. The van der Waals surface area contributed by atoms with Gasteiger partial charge in [-0.3, -0.25) is 0 Å². The topological polar surface area (TPSA) is 26.0 Å².